The summed E-state index contributed by atoms with van der Waals surface area (Å²) in [5.41, 5.74) is 4.88. The molecule has 36 heavy (non-hydrogen) atoms. The summed E-state index contributed by atoms with van der Waals surface area (Å²) >= 11 is 0. The van der Waals surface area contributed by atoms with Gasteiger partial charge in [0.15, 0.2) is 0 Å². The number of carboxylic acid groups (broad SMARTS) is 1. The first kappa shape index (κ1) is 26.0. The molecule has 0 aromatic heterocycles. The molecule has 0 saturated carbocycles. The van der Waals surface area contributed by atoms with E-state index in [1.54, 1.807) is 25.1 Å². The number of rotatable bonds is 10. The molecular formula is C30H34FNO4. The van der Waals surface area contributed by atoms with E-state index < -0.39 is 12.1 Å². The van der Waals surface area contributed by atoms with Crippen molar-refractivity contribution >= 4 is 5.97 Å². The van der Waals surface area contributed by atoms with Gasteiger partial charge in [0.25, 0.3) is 0 Å². The fourth-order valence-electron chi connectivity index (χ4n) is 5.16. The summed E-state index contributed by atoms with van der Waals surface area (Å²) in [5.74, 6) is -1.15. The first-order valence-electron chi connectivity index (χ1n) is 12.5. The van der Waals surface area contributed by atoms with Gasteiger partial charge in [0.2, 0.25) is 0 Å². The number of halogens is 1. The number of aromatic carboxylic acids is 1. The predicted molar refractivity (Wildman–Crippen MR) is 139 cm³/mol. The molecule has 5 nitrogen and oxygen atoms in total. The highest BCUT2D eigenvalue weighted by Crippen LogP contribution is 2.31. The third kappa shape index (κ3) is 6.38. The maximum absolute atomic E-state index is 13.6. The average Bonchev–Trinajstić information content (AvgIpc) is 3.28. The van der Waals surface area contributed by atoms with E-state index in [1.807, 2.05) is 49.4 Å². The summed E-state index contributed by atoms with van der Waals surface area (Å²) in [7, 11) is 0. The Morgan fingerprint density at radius 3 is 2.69 bits per heavy atom. The van der Waals surface area contributed by atoms with E-state index in [1.165, 1.54) is 6.07 Å². The van der Waals surface area contributed by atoms with Gasteiger partial charge in [0.05, 0.1) is 24.4 Å². The van der Waals surface area contributed by atoms with Crippen LogP contribution in [0.1, 0.15) is 52.9 Å². The molecule has 3 aromatic carbocycles. The van der Waals surface area contributed by atoms with Crippen LogP contribution in [0.4, 0.5) is 4.39 Å². The number of carboxylic acids is 1. The third-order valence-electron chi connectivity index (χ3n) is 7.01. The molecule has 0 amide bonds. The Bertz CT molecular complexity index is 1200. The molecule has 4 rings (SSSR count). The molecular weight excluding hydrogens is 457 g/mol. The minimum Gasteiger partial charge on any atom is -0.478 e. The number of likely N-dealkylation sites (tertiary alicyclic amines) is 1. The fraction of sp³-hybridized carbons (Fsp3) is 0.367. The van der Waals surface area contributed by atoms with E-state index in [2.05, 4.69) is 4.90 Å². The quantitative estimate of drug-likeness (QED) is 0.384. The smallest absolute Gasteiger partial charge is 0.335 e. The molecule has 190 valence electrons. The second-order valence-corrected chi connectivity index (χ2v) is 9.68. The Morgan fingerprint density at radius 2 is 1.94 bits per heavy atom. The van der Waals surface area contributed by atoms with Crippen LogP contribution in [0.5, 0.6) is 0 Å². The van der Waals surface area contributed by atoms with Crippen molar-refractivity contribution < 1.29 is 24.1 Å². The average molecular weight is 492 g/mol. The van der Waals surface area contributed by atoms with Gasteiger partial charge in [-0.25, -0.2) is 9.18 Å². The van der Waals surface area contributed by atoms with Crippen molar-refractivity contribution in [2.45, 2.75) is 51.4 Å². The van der Waals surface area contributed by atoms with Gasteiger partial charge in [-0.3, -0.25) is 4.90 Å². The first-order valence-corrected chi connectivity index (χ1v) is 12.5. The second kappa shape index (κ2) is 11.8. The van der Waals surface area contributed by atoms with Crippen molar-refractivity contribution in [3.05, 3.63) is 94.8 Å². The van der Waals surface area contributed by atoms with Crippen molar-refractivity contribution in [1.29, 1.82) is 0 Å². The van der Waals surface area contributed by atoms with Crippen LogP contribution >= 0.6 is 0 Å². The minimum atomic E-state index is -0.936. The topological polar surface area (TPSA) is 70.0 Å². The number of hydrogen-bond acceptors (Lipinski definition) is 4. The maximum atomic E-state index is 13.6. The highest BCUT2D eigenvalue weighted by molar-refractivity contribution is 5.90. The Labute approximate surface area is 212 Å². The zero-order chi connectivity index (χ0) is 25.7. The molecule has 1 saturated heterocycles. The largest absolute Gasteiger partial charge is 0.478 e. The number of aliphatic hydroxyl groups excluding tert-OH is 1. The molecule has 1 aliphatic rings. The number of hydrogen-bond donors (Lipinski definition) is 2. The summed E-state index contributed by atoms with van der Waals surface area (Å²) in [4.78, 5) is 13.7. The van der Waals surface area contributed by atoms with Crippen molar-refractivity contribution in [2.75, 3.05) is 19.7 Å². The predicted octanol–water partition coefficient (Wildman–Crippen LogP) is 5.64. The summed E-state index contributed by atoms with van der Waals surface area (Å²) < 4.78 is 19.7. The van der Waals surface area contributed by atoms with Crippen LogP contribution in [-0.4, -0.2) is 52.9 Å². The van der Waals surface area contributed by atoms with Crippen LogP contribution in [0.2, 0.25) is 0 Å². The van der Waals surface area contributed by atoms with Crippen molar-refractivity contribution in [3.63, 3.8) is 0 Å². The van der Waals surface area contributed by atoms with Gasteiger partial charge in [-0.05, 0) is 85.7 Å². The van der Waals surface area contributed by atoms with E-state index >= 15 is 0 Å². The number of benzene rings is 3. The summed E-state index contributed by atoms with van der Waals surface area (Å²) in [6.45, 7) is 5.40. The van der Waals surface area contributed by atoms with Crippen molar-refractivity contribution in [1.82, 2.24) is 4.90 Å². The van der Waals surface area contributed by atoms with E-state index in [0.717, 1.165) is 48.1 Å². The van der Waals surface area contributed by atoms with Crippen LogP contribution in [0.3, 0.4) is 0 Å². The number of carbonyl (C=O) groups is 1. The molecule has 0 aliphatic carbocycles. The van der Waals surface area contributed by atoms with Gasteiger partial charge in [-0.2, -0.15) is 0 Å². The number of aliphatic hydroxyl groups is 1. The molecule has 1 aliphatic heterocycles. The number of β-amino-alcohol motifs (C(OH)–C–C–N with tert-alkyl or cyclic N) is 1. The lowest BCUT2D eigenvalue weighted by molar-refractivity contribution is -0.0169. The maximum Gasteiger partial charge on any atom is 0.335 e. The lowest BCUT2D eigenvalue weighted by Crippen LogP contribution is -2.39. The van der Waals surface area contributed by atoms with Crippen LogP contribution in [0, 0.1) is 12.7 Å². The lowest BCUT2D eigenvalue weighted by Gasteiger charge is -2.27. The monoisotopic (exact) mass is 491 g/mol. The second-order valence-electron chi connectivity index (χ2n) is 9.68. The molecule has 6 heteroatoms. The number of nitrogens with zero attached hydrogens (tertiary/aromatic N) is 1. The SMILES string of the molecule is Cc1cc(-c2ccccc2[C@@H](C)OC[C@H](O)CN2CCC[C@H]2Cc2cccc(F)c2)ccc1C(=O)O. The molecule has 0 bridgehead atoms. The van der Waals surface area contributed by atoms with Gasteiger partial charge >= 0.3 is 5.97 Å². The number of ether oxygens (including phenoxy) is 1. The molecule has 1 heterocycles. The molecule has 3 aromatic rings. The minimum absolute atomic E-state index is 0.204. The van der Waals surface area contributed by atoms with Crippen LogP contribution < -0.4 is 0 Å². The molecule has 1 fully saturated rings. The summed E-state index contributed by atoms with van der Waals surface area (Å²) in [5, 5.41) is 20.1. The van der Waals surface area contributed by atoms with Crippen LogP contribution in [0.15, 0.2) is 66.7 Å². The van der Waals surface area contributed by atoms with Gasteiger partial charge in [-0.1, -0.05) is 48.5 Å². The Balaban J connectivity index is 1.37. The van der Waals surface area contributed by atoms with Gasteiger partial charge in [0, 0.05) is 12.6 Å². The fourth-order valence-corrected chi connectivity index (χ4v) is 5.16. The van der Waals surface area contributed by atoms with E-state index in [0.29, 0.717) is 17.7 Å². The van der Waals surface area contributed by atoms with Crippen molar-refractivity contribution in [3.8, 4) is 11.1 Å². The Kier molecular flexibility index (Phi) is 8.52. The normalized spacial score (nSPS) is 17.7. The zero-order valence-electron chi connectivity index (χ0n) is 20.9. The van der Waals surface area contributed by atoms with Gasteiger partial charge in [-0.15, -0.1) is 0 Å². The standard InChI is InChI=1S/C30H34FNO4/c1-20-15-23(12-13-27(20)30(34)35)29-11-4-3-10-28(29)21(2)36-19-26(33)18-32-14-6-9-25(32)17-22-7-5-8-24(31)16-22/h3-5,7-8,10-13,15-16,21,25-26,33H,6,9,14,17-19H2,1-2H3,(H,34,35)/t21-,25+,26-/m1/s1. The van der Waals surface area contributed by atoms with E-state index in [-0.39, 0.29) is 24.6 Å². The highest BCUT2D eigenvalue weighted by atomic mass is 19.1. The number of aryl methyl sites for hydroxylation is 1. The molecule has 3 atom stereocenters. The molecule has 2 N–H and O–H groups in total. The molecule has 0 radical (unpaired) electrons. The van der Waals surface area contributed by atoms with Crippen LogP contribution in [0.25, 0.3) is 11.1 Å². The van der Waals surface area contributed by atoms with Gasteiger partial charge in [0.1, 0.15) is 5.82 Å². The molecule has 0 spiro atoms. The first-order chi connectivity index (χ1) is 17.3. The summed E-state index contributed by atoms with van der Waals surface area (Å²) in [6.07, 6.45) is 1.99. The van der Waals surface area contributed by atoms with Crippen LogP contribution in [-0.2, 0) is 11.2 Å². The third-order valence-corrected chi connectivity index (χ3v) is 7.01. The summed E-state index contributed by atoms with van der Waals surface area (Å²) in [6, 6.07) is 20.3. The zero-order valence-corrected chi connectivity index (χ0v) is 20.9. The van der Waals surface area contributed by atoms with Crippen molar-refractivity contribution in [2.24, 2.45) is 0 Å². The Hall–Kier alpha value is -3.06. The van der Waals surface area contributed by atoms with Gasteiger partial charge < -0.3 is 14.9 Å². The highest BCUT2D eigenvalue weighted by Gasteiger charge is 2.27. The lowest BCUT2D eigenvalue weighted by atomic mass is 9.94. The van der Waals surface area contributed by atoms with E-state index in [4.69, 9.17) is 4.74 Å². The Morgan fingerprint density at radius 1 is 1.14 bits per heavy atom. The molecule has 0 unspecified atom stereocenters. The van der Waals surface area contributed by atoms with E-state index in [9.17, 15) is 19.4 Å².